The summed E-state index contributed by atoms with van der Waals surface area (Å²) in [5, 5.41) is 3.40. The van der Waals surface area contributed by atoms with Crippen LogP contribution in [0.5, 0.6) is 0 Å². The molecule has 2 heteroatoms. The number of hydrogen-bond acceptors (Lipinski definition) is 2. The van der Waals surface area contributed by atoms with Gasteiger partial charge in [0, 0.05) is 0 Å². The summed E-state index contributed by atoms with van der Waals surface area (Å²) in [6.07, 6.45) is 8.48. The summed E-state index contributed by atoms with van der Waals surface area (Å²) in [4.78, 5) is 2.59. The van der Waals surface area contributed by atoms with Crippen LogP contribution >= 0.6 is 0 Å². The maximum Gasteiger partial charge on any atom is 0.0591 e. The molecule has 0 heterocycles. The van der Waals surface area contributed by atoms with Crippen LogP contribution in [0, 0.1) is 0 Å². The Balaban J connectivity index is 3.80. The summed E-state index contributed by atoms with van der Waals surface area (Å²) in [6, 6.07) is 0. The largest absolute Gasteiger partial charge is 0.305 e. The zero-order chi connectivity index (χ0) is 11.5. The van der Waals surface area contributed by atoms with E-state index >= 15 is 0 Å². The summed E-state index contributed by atoms with van der Waals surface area (Å²) < 4.78 is 0. The second kappa shape index (κ2) is 10.4. The molecule has 0 aromatic rings. The highest BCUT2D eigenvalue weighted by Crippen LogP contribution is 2.06. The number of nitrogens with zero attached hydrogens (tertiary/aromatic N) is 1. The third kappa shape index (κ3) is 6.91. The van der Waals surface area contributed by atoms with Gasteiger partial charge in [0.05, 0.1) is 6.17 Å². The molecule has 2 nitrogen and oxygen atoms in total. The number of nitrogens with one attached hydrogen (secondary N) is 1. The Morgan fingerprint density at radius 1 is 0.933 bits per heavy atom. The molecule has 0 spiro atoms. The average Bonchev–Trinajstić information content (AvgIpc) is 2.26. The molecule has 0 saturated heterocycles. The Labute approximate surface area is 96.4 Å². The van der Waals surface area contributed by atoms with Gasteiger partial charge in [-0.25, -0.2) is 0 Å². The van der Waals surface area contributed by atoms with Gasteiger partial charge >= 0.3 is 0 Å². The van der Waals surface area contributed by atoms with Crippen LogP contribution in [-0.2, 0) is 0 Å². The van der Waals surface area contributed by atoms with Gasteiger partial charge in [-0.15, -0.1) is 0 Å². The van der Waals surface area contributed by atoms with Crippen LogP contribution in [0.2, 0.25) is 0 Å². The van der Waals surface area contributed by atoms with E-state index in [1.807, 2.05) is 0 Å². The van der Waals surface area contributed by atoms with Crippen molar-refractivity contribution in [3.8, 4) is 0 Å². The molecule has 0 aliphatic carbocycles. The lowest BCUT2D eigenvalue weighted by Gasteiger charge is -2.30. The first kappa shape index (κ1) is 14.9. The van der Waals surface area contributed by atoms with E-state index in [-0.39, 0.29) is 0 Å². The quantitative estimate of drug-likeness (QED) is 0.444. The molecule has 0 aromatic carbocycles. The molecule has 0 radical (unpaired) electrons. The minimum atomic E-state index is 0.576. The van der Waals surface area contributed by atoms with Crippen LogP contribution in [0.3, 0.4) is 0 Å². The molecule has 1 N–H and O–H groups in total. The Morgan fingerprint density at radius 3 is 2.13 bits per heavy atom. The molecule has 0 aliphatic rings. The second-order valence-electron chi connectivity index (χ2n) is 4.31. The first-order valence-electron chi connectivity index (χ1n) is 6.71. The first-order chi connectivity index (χ1) is 7.29. The average molecular weight is 214 g/mol. The van der Waals surface area contributed by atoms with Crippen molar-refractivity contribution in [1.82, 2.24) is 10.2 Å². The summed E-state index contributed by atoms with van der Waals surface area (Å²) in [6.45, 7) is 9.28. The van der Waals surface area contributed by atoms with Gasteiger partial charge < -0.3 is 5.32 Å². The van der Waals surface area contributed by atoms with E-state index in [0.717, 1.165) is 0 Å². The molecule has 0 rings (SSSR count). The SMILES string of the molecule is CCCCCCN(CCC)C(CC)NC. The van der Waals surface area contributed by atoms with Gasteiger partial charge in [0.2, 0.25) is 0 Å². The summed E-state index contributed by atoms with van der Waals surface area (Å²) in [5.41, 5.74) is 0. The van der Waals surface area contributed by atoms with Gasteiger partial charge in [0.15, 0.2) is 0 Å². The monoisotopic (exact) mass is 214 g/mol. The Hall–Kier alpha value is -0.0800. The second-order valence-corrected chi connectivity index (χ2v) is 4.31. The van der Waals surface area contributed by atoms with Crippen molar-refractivity contribution in [2.45, 2.75) is 65.5 Å². The van der Waals surface area contributed by atoms with Crippen molar-refractivity contribution in [3.05, 3.63) is 0 Å². The minimum Gasteiger partial charge on any atom is -0.305 e. The Bertz CT molecular complexity index is 122. The van der Waals surface area contributed by atoms with E-state index in [2.05, 4.69) is 38.0 Å². The molecule has 92 valence electrons. The van der Waals surface area contributed by atoms with Gasteiger partial charge in [-0.1, -0.05) is 40.0 Å². The van der Waals surface area contributed by atoms with Crippen molar-refractivity contribution in [3.63, 3.8) is 0 Å². The summed E-state index contributed by atoms with van der Waals surface area (Å²) in [5.74, 6) is 0. The lowest BCUT2D eigenvalue weighted by molar-refractivity contribution is 0.164. The van der Waals surface area contributed by atoms with Crippen LogP contribution in [0.25, 0.3) is 0 Å². The van der Waals surface area contributed by atoms with Crippen LogP contribution in [0.4, 0.5) is 0 Å². The maximum atomic E-state index is 3.40. The predicted octanol–water partition coefficient (Wildman–Crippen LogP) is 3.23. The third-order valence-electron chi connectivity index (χ3n) is 2.97. The molecule has 1 unspecified atom stereocenters. The number of unbranched alkanes of at least 4 members (excludes halogenated alkanes) is 3. The highest BCUT2D eigenvalue weighted by Gasteiger charge is 2.12. The van der Waals surface area contributed by atoms with E-state index in [4.69, 9.17) is 0 Å². The molecule has 0 aromatic heterocycles. The van der Waals surface area contributed by atoms with E-state index in [1.54, 1.807) is 0 Å². The standard InChI is InChI=1S/C13H30N2/c1-5-8-9-10-12-15(11-6-2)13(7-3)14-4/h13-14H,5-12H2,1-4H3. The van der Waals surface area contributed by atoms with Crippen LogP contribution < -0.4 is 5.32 Å². The highest BCUT2D eigenvalue weighted by atomic mass is 15.3. The van der Waals surface area contributed by atoms with Gasteiger partial charge in [0.1, 0.15) is 0 Å². The van der Waals surface area contributed by atoms with Gasteiger partial charge in [-0.2, -0.15) is 0 Å². The fourth-order valence-electron chi connectivity index (χ4n) is 2.10. The smallest absolute Gasteiger partial charge is 0.0591 e. The lowest BCUT2D eigenvalue weighted by atomic mass is 10.2. The van der Waals surface area contributed by atoms with Crippen molar-refractivity contribution in [2.24, 2.45) is 0 Å². The first-order valence-corrected chi connectivity index (χ1v) is 6.71. The molecule has 0 aliphatic heterocycles. The van der Waals surface area contributed by atoms with Crippen LogP contribution in [-0.4, -0.2) is 31.2 Å². The van der Waals surface area contributed by atoms with Gasteiger partial charge in [0.25, 0.3) is 0 Å². The van der Waals surface area contributed by atoms with Crippen molar-refractivity contribution < 1.29 is 0 Å². The summed E-state index contributed by atoms with van der Waals surface area (Å²) in [7, 11) is 2.07. The Morgan fingerprint density at radius 2 is 1.67 bits per heavy atom. The molecule has 0 fully saturated rings. The fraction of sp³-hybridized carbons (Fsp3) is 1.00. The topological polar surface area (TPSA) is 15.3 Å². The highest BCUT2D eigenvalue weighted by molar-refractivity contribution is 4.66. The maximum absolute atomic E-state index is 3.40. The molecule has 15 heavy (non-hydrogen) atoms. The zero-order valence-electron chi connectivity index (χ0n) is 11.2. The van der Waals surface area contributed by atoms with Gasteiger partial charge in [-0.3, -0.25) is 4.90 Å². The van der Waals surface area contributed by atoms with Crippen molar-refractivity contribution >= 4 is 0 Å². The third-order valence-corrected chi connectivity index (χ3v) is 2.97. The molecular formula is C13H30N2. The van der Waals surface area contributed by atoms with Crippen molar-refractivity contribution in [1.29, 1.82) is 0 Å². The zero-order valence-corrected chi connectivity index (χ0v) is 11.2. The molecule has 1 atom stereocenters. The number of hydrogen-bond donors (Lipinski definition) is 1. The lowest BCUT2D eigenvalue weighted by Crippen LogP contribution is -2.44. The van der Waals surface area contributed by atoms with E-state index in [1.165, 1.54) is 51.6 Å². The predicted molar refractivity (Wildman–Crippen MR) is 69.1 cm³/mol. The fourth-order valence-corrected chi connectivity index (χ4v) is 2.10. The van der Waals surface area contributed by atoms with Crippen LogP contribution in [0.15, 0.2) is 0 Å². The molecular weight excluding hydrogens is 184 g/mol. The Kier molecular flexibility index (Phi) is 10.4. The van der Waals surface area contributed by atoms with E-state index < -0.39 is 0 Å². The summed E-state index contributed by atoms with van der Waals surface area (Å²) >= 11 is 0. The van der Waals surface area contributed by atoms with E-state index in [0.29, 0.717) is 6.17 Å². The number of rotatable bonds is 10. The van der Waals surface area contributed by atoms with E-state index in [9.17, 15) is 0 Å². The van der Waals surface area contributed by atoms with Crippen LogP contribution in [0.1, 0.15) is 59.3 Å². The normalized spacial score (nSPS) is 13.4. The molecule has 0 amide bonds. The van der Waals surface area contributed by atoms with Gasteiger partial charge in [-0.05, 0) is 39.4 Å². The minimum absolute atomic E-state index is 0.576. The molecule has 0 bridgehead atoms. The molecule has 0 saturated carbocycles. The van der Waals surface area contributed by atoms with Crippen molar-refractivity contribution in [2.75, 3.05) is 20.1 Å².